The highest BCUT2D eigenvalue weighted by atomic mass is 14.9. The van der Waals surface area contributed by atoms with Gasteiger partial charge in [0.25, 0.3) is 0 Å². The van der Waals surface area contributed by atoms with E-state index in [1.165, 1.54) is 32.1 Å². The zero-order valence-electron chi connectivity index (χ0n) is 11.2. The Hall–Kier alpha value is -1.77. The number of hydrogen-bond acceptors (Lipinski definition) is 3. The second-order valence-corrected chi connectivity index (χ2v) is 5.47. The molecule has 0 radical (unpaired) electrons. The van der Waals surface area contributed by atoms with Gasteiger partial charge < -0.3 is 11.1 Å². The number of aromatic nitrogens is 1. The van der Waals surface area contributed by atoms with Gasteiger partial charge in [0.1, 0.15) is 0 Å². The first-order valence-corrected chi connectivity index (χ1v) is 7.21. The van der Waals surface area contributed by atoms with Gasteiger partial charge in [-0.05, 0) is 24.5 Å². The van der Waals surface area contributed by atoms with Gasteiger partial charge in [0.05, 0.1) is 11.2 Å². The average Bonchev–Trinajstić information content (AvgIpc) is 2.93. The van der Waals surface area contributed by atoms with E-state index < -0.39 is 0 Å². The highest BCUT2D eigenvalue weighted by Crippen LogP contribution is 2.28. The van der Waals surface area contributed by atoms with Gasteiger partial charge in [-0.1, -0.05) is 37.8 Å². The van der Waals surface area contributed by atoms with Gasteiger partial charge >= 0.3 is 0 Å². The van der Waals surface area contributed by atoms with Crippen molar-refractivity contribution in [3.05, 3.63) is 30.5 Å². The number of nitrogen functional groups attached to an aromatic ring is 1. The fourth-order valence-corrected chi connectivity index (χ4v) is 3.06. The van der Waals surface area contributed by atoms with Crippen LogP contribution >= 0.6 is 0 Å². The molecule has 3 heteroatoms. The molecule has 0 aliphatic heterocycles. The standard InChI is InChI=1S/C16H21N3/c17-14-7-3-6-13-15(9-11-19-16(13)14)18-10-8-12-4-1-2-5-12/h3,6-7,9,11-12H,1-2,4-5,8,10,17H2,(H,18,19). The number of nitrogens with zero attached hydrogens (tertiary/aromatic N) is 1. The van der Waals surface area contributed by atoms with E-state index in [9.17, 15) is 0 Å². The van der Waals surface area contributed by atoms with Crippen LogP contribution in [0.25, 0.3) is 10.9 Å². The molecule has 1 saturated carbocycles. The number of fused-ring (bicyclic) bond motifs is 1. The topological polar surface area (TPSA) is 50.9 Å². The minimum atomic E-state index is 0.747. The summed E-state index contributed by atoms with van der Waals surface area (Å²) in [4.78, 5) is 4.36. The van der Waals surface area contributed by atoms with Crippen LogP contribution in [0.4, 0.5) is 11.4 Å². The normalized spacial score (nSPS) is 16.0. The predicted molar refractivity (Wildman–Crippen MR) is 81.2 cm³/mol. The lowest BCUT2D eigenvalue weighted by Gasteiger charge is -2.13. The van der Waals surface area contributed by atoms with E-state index in [0.717, 1.165) is 34.7 Å². The van der Waals surface area contributed by atoms with E-state index in [4.69, 9.17) is 5.73 Å². The Balaban J connectivity index is 1.72. The number of nitrogens with one attached hydrogen (secondary N) is 1. The Morgan fingerprint density at radius 3 is 2.89 bits per heavy atom. The van der Waals surface area contributed by atoms with Gasteiger partial charge in [-0.15, -0.1) is 0 Å². The molecule has 1 heterocycles. The third kappa shape index (κ3) is 2.65. The first kappa shape index (κ1) is 12.3. The van der Waals surface area contributed by atoms with E-state index in [0.29, 0.717) is 0 Å². The Bertz CT molecular complexity index is 559. The fraction of sp³-hybridized carbons (Fsp3) is 0.438. The van der Waals surface area contributed by atoms with Crippen molar-refractivity contribution in [2.45, 2.75) is 32.1 Å². The number of para-hydroxylation sites is 1. The maximum absolute atomic E-state index is 5.96. The van der Waals surface area contributed by atoms with Gasteiger partial charge in [0.2, 0.25) is 0 Å². The summed E-state index contributed by atoms with van der Waals surface area (Å²) >= 11 is 0. The molecule has 3 rings (SSSR count). The summed E-state index contributed by atoms with van der Waals surface area (Å²) < 4.78 is 0. The smallest absolute Gasteiger partial charge is 0.0951 e. The van der Waals surface area contributed by atoms with Crippen molar-refractivity contribution in [1.82, 2.24) is 4.98 Å². The van der Waals surface area contributed by atoms with Crippen LogP contribution in [-0.2, 0) is 0 Å². The fourth-order valence-electron chi connectivity index (χ4n) is 3.06. The minimum absolute atomic E-state index is 0.747. The molecule has 3 nitrogen and oxygen atoms in total. The molecule has 0 spiro atoms. The molecule has 0 bridgehead atoms. The molecule has 2 aromatic rings. The molecule has 1 aliphatic rings. The van der Waals surface area contributed by atoms with E-state index in [1.54, 1.807) is 0 Å². The van der Waals surface area contributed by atoms with Crippen LogP contribution in [-0.4, -0.2) is 11.5 Å². The van der Waals surface area contributed by atoms with E-state index in [2.05, 4.69) is 16.4 Å². The summed E-state index contributed by atoms with van der Waals surface area (Å²) in [5, 5.41) is 4.67. The van der Waals surface area contributed by atoms with Crippen molar-refractivity contribution < 1.29 is 0 Å². The summed E-state index contributed by atoms with van der Waals surface area (Å²) in [5.74, 6) is 0.922. The number of benzene rings is 1. The number of pyridine rings is 1. The van der Waals surface area contributed by atoms with Crippen LogP contribution in [0, 0.1) is 5.92 Å². The van der Waals surface area contributed by atoms with Crippen LogP contribution < -0.4 is 11.1 Å². The zero-order chi connectivity index (χ0) is 13.1. The van der Waals surface area contributed by atoms with Crippen LogP contribution in [0.2, 0.25) is 0 Å². The van der Waals surface area contributed by atoms with Crippen molar-refractivity contribution in [3.8, 4) is 0 Å². The average molecular weight is 255 g/mol. The summed E-state index contributed by atoms with van der Waals surface area (Å²) in [6.07, 6.45) is 8.75. The molecule has 3 N–H and O–H groups in total. The van der Waals surface area contributed by atoms with Crippen molar-refractivity contribution in [2.24, 2.45) is 5.92 Å². The van der Waals surface area contributed by atoms with Crippen LogP contribution in [0.3, 0.4) is 0 Å². The Morgan fingerprint density at radius 2 is 2.05 bits per heavy atom. The van der Waals surface area contributed by atoms with E-state index in [-0.39, 0.29) is 0 Å². The summed E-state index contributed by atoms with van der Waals surface area (Å²) in [7, 11) is 0. The Labute approximate surface area is 114 Å². The van der Waals surface area contributed by atoms with E-state index >= 15 is 0 Å². The monoisotopic (exact) mass is 255 g/mol. The highest BCUT2D eigenvalue weighted by molar-refractivity contribution is 5.97. The minimum Gasteiger partial charge on any atom is -0.397 e. The molecule has 100 valence electrons. The first-order valence-electron chi connectivity index (χ1n) is 7.21. The van der Waals surface area contributed by atoms with Crippen molar-refractivity contribution >= 4 is 22.3 Å². The first-order chi connectivity index (χ1) is 9.34. The number of nitrogens with two attached hydrogens (primary N) is 1. The lowest BCUT2D eigenvalue weighted by atomic mass is 10.0. The number of rotatable bonds is 4. The predicted octanol–water partition coefficient (Wildman–Crippen LogP) is 3.81. The molecule has 0 unspecified atom stereocenters. The number of anilines is 2. The van der Waals surface area contributed by atoms with Crippen LogP contribution in [0.15, 0.2) is 30.5 Å². The molecule has 0 atom stereocenters. The molecule has 1 aliphatic carbocycles. The third-order valence-electron chi connectivity index (χ3n) is 4.15. The lowest BCUT2D eigenvalue weighted by molar-refractivity contribution is 0.519. The molecule has 1 fully saturated rings. The summed E-state index contributed by atoms with van der Waals surface area (Å²) in [6.45, 7) is 1.04. The van der Waals surface area contributed by atoms with Gasteiger partial charge in [-0.25, -0.2) is 0 Å². The van der Waals surface area contributed by atoms with Gasteiger partial charge in [0, 0.05) is 23.8 Å². The van der Waals surface area contributed by atoms with E-state index in [1.807, 2.05) is 24.4 Å². The Kier molecular flexibility index (Phi) is 3.53. The van der Waals surface area contributed by atoms with Crippen LogP contribution in [0.1, 0.15) is 32.1 Å². The SMILES string of the molecule is Nc1cccc2c(NCCC3CCCC3)ccnc12. The maximum atomic E-state index is 5.96. The molecule has 19 heavy (non-hydrogen) atoms. The lowest BCUT2D eigenvalue weighted by Crippen LogP contribution is -2.07. The quantitative estimate of drug-likeness (QED) is 0.817. The molecular weight excluding hydrogens is 234 g/mol. The van der Waals surface area contributed by atoms with Crippen molar-refractivity contribution in [2.75, 3.05) is 17.6 Å². The number of hydrogen-bond donors (Lipinski definition) is 2. The molecule has 0 saturated heterocycles. The zero-order valence-corrected chi connectivity index (χ0v) is 11.2. The molecular formula is C16H21N3. The van der Waals surface area contributed by atoms with Crippen molar-refractivity contribution in [3.63, 3.8) is 0 Å². The molecule has 1 aromatic heterocycles. The second-order valence-electron chi connectivity index (χ2n) is 5.47. The second kappa shape index (κ2) is 5.47. The van der Waals surface area contributed by atoms with Crippen molar-refractivity contribution in [1.29, 1.82) is 0 Å². The van der Waals surface area contributed by atoms with Gasteiger partial charge in [0.15, 0.2) is 0 Å². The summed E-state index contributed by atoms with van der Waals surface area (Å²) in [6, 6.07) is 8.01. The van der Waals surface area contributed by atoms with Crippen LogP contribution in [0.5, 0.6) is 0 Å². The maximum Gasteiger partial charge on any atom is 0.0951 e. The highest BCUT2D eigenvalue weighted by Gasteiger charge is 2.14. The third-order valence-corrected chi connectivity index (χ3v) is 4.15. The van der Waals surface area contributed by atoms with Gasteiger partial charge in [-0.3, -0.25) is 4.98 Å². The largest absolute Gasteiger partial charge is 0.397 e. The molecule has 0 amide bonds. The van der Waals surface area contributed by atoms with Gasteiger partial charge in [-0.2, -0.15) is 0 Å². The molecule has 1 aromatic carbocycles. The summed E-state index contributed by atoms with van der Waals surface area (Å²) in [5.41, 5.74) is 8.76. The Morgan fingerprint density at radius 1 is 1.21 bits per heavy atom.